The van der Waals surface area contributed by atoms with E-state index < -0.39 is 34.6 Å². The zero-order valence-electron chi connectivity index (χ0n) is 14.4. The van der Waals surface area contributed by atoms with Crippen molar-refractivity contribution in [2.75, 3.05) is 6.54 Å². The van der Waals surface area contributed by atoms with Gasteiger partial charge >= 0.3 is 6.18 Å². The lowest BCUT2D eigenvalue weighted by atomic mass is 10.1. The van der Waals surface area contributed by atoms with Gasteiger partial charge in [-0.25, -0.2) is 17.8 Å². The largest absolute Gasteiger partial charge is 0.409 e. The minimum atomic E-state index is -4.92. The van der Waals surface area contributed by atoms with E-state index in [0.717, 1.165) is 36.5 Å². The Morgan fingerprint density at radius 2 is 1.82 bits per heavy atom. The number of nitrogens with zero attached hydrogens (tertiary/aromatic N) is 3. The zero-order valence-corrected chi connectivity index (χ0v) is 15.9. The molecule has 0 aliphatic heterocycles. The molecule has 0 saturated heterocycles. The Kier molecular flexibility index (Phi) is 5.39. The molecule has 5 nitrogen and oxygen atoms in total. The number of fused-ring (bicyclic) bond motifs is 1. The fourth-order valence-corrected chi connectivity index (χ4v) is 4.67. The van der Waals surface area contributed by atoms with Crippen molar-refractivity contribution in [1.82, 2.24) is 13.7 Å². The van der Waals surface area contributed by atoms with Crippen LogP contribution in [0.25, 0.3) is 5.65 Å². The van der Waals surface area contributed by atoms with Crippen LogP contribution in [0.5, 0.6) is 0 Å². The number of pyridine rings is 1. The Hall–Kier alpha value is -2.17. The lowest BCUT2D eigenvalue weighted by Crippen LogP contribution is -2.42. The summed E-state index contributed by atoms with van der Waals surface area (Å²) in [6.45, 7) is 0.835. The zero-order chi connectivity index (χ0) is 20.7. The first-order valence-corrected chi connectivity index (χ1v) is 9.84. The van der Waals surface area contributed by atoms with E-state index >= 15 is 0 Å². The Morgan fingerprint density at radius 1 is 1.18 bits per heavy atom. The van der Waals surface area contributed by atoms with Crippen LogP contribution in [0.3, 0.4) is 0 Å². The SMILES string of the molecule is CCN(C(c1ccc(F)cc1)C(F)(F)F)S(=O)(=O)c1ccc2ncc(Cl)n2c1. The molecular weight excluding hydrogens is 422 g/mol. The Balaban J connectivity index is 2.13. The molecule has 0 bridgehead atoms. The summed E-state index contributed by atoms with van der Waals surface area (Å²) in [6, 6.07) is 3.57. The van der Waals surface area contributed by atoms with Crippen LogP contribution in [0.2, 0.25) is 5.15 Å². The van der Waals surface area contributed by atoms with Crippen molar-refractivity contribution in [3.05, 3.63) is 65.3 Å². The number of hydrogen-bond donors (Lipinski definition) is 0. The highest BCUT2D eigenvalue weighted by Crippen LogP contribution is 2.40. The van der Waals surface area contributed by atoms with Crippen molar-refractivity contribution in [2.45, 2.75) is 24.0 Å². The summed E-state index contributed by atoms with van der Waals surface area (Å²) in [5.74, 6) is -0.726. The van der Waals surface area contributed by atoms with Gasteiger partial charge < -0.3 is 0 Å². The van der Waals surface area contributed by atoms with Gasteiger partial charge in [0.25, 0.3) is 0 Å². The number of rotatable bonds is 5. The molecule has 0 aliphatic carbocycles. The summed E-state index contributed by atoms with van der Waals surface area (Å²) in [5.41, 5.74) is -0.0426. The molecule has 2 aromatic heterocycles. The third-order valence-electron chi connectivity index (χ3n) is 4.14. The van der Waals surface area contributed by atoms with Crippen molar-refractivity contribution in [1.29, 1.82) is 0 Å². The average Bonchev–Trinajstić information content (AvgIpc) is 3.00. The predicted octanol–water partition coefficient (Wildman–Crippen LogP) is 4.44. The highest BCUT2D eigenvalue weighted by Gasteiger charge is 2.48. The quantitative estimate of drug-likeness (QED) is 0.557. The van der Waals surface area contributed by atoms with Crippen LogP contribution in [0.4, 0.5) is 17.6 Å². The molecule has 3 rings (SSSR count). The number of aromatic nitrogens is 2. The number of benzene rings is 1. The van der Waals surface area contributed by atoms with Gasteiger partial charge in [0.1, 0.15) is 22.7 Å². The van der Waals surface area contributed by atoms with Gasteiger partial charge in [0.05, 0.1) is 11.1 Å². The third kappa shape index (κ3) is 3.71. The lowest BCUT2D eigenvalue weighted by molar-refractivity contribution is -0.173. The number of hydrogen-bond acceptors (Lipinski definition) is 3. The molecule has 11 heteroatoms. The van der Waals surface area contributed by atoms with E-state index in [0.29, 0.717) is 9.95 Å². The van der Waals surface area contributed by atoms with E-state index in [4.69, 9.17) is 11.6 Å². The summed E-state index contributed by atoms with van der Waals surface area (Å²) in [6.07, 6.45) is -2.51. The van der Waals surface area contributed by atoms with Gasteiger partial charge in [-0.05, 0) is 29.8 Å². The molecule has 3 aromatic rings. The number of halogens is 5. The number of sulfonamides is 1. The summed E-state index contributed by atoms with van der Waals surface area (Å²) < 4.78 is 82.3. The van der Waals surface area contributed by atoms with E-state index in [1.165, 1.54) is 23.6 Å². The molecule has 0 amide bonds. The maximum Gasteiger partial charge on any atom is 0.409 e. The van der Waals surface area contributed by atoms with Crippen molar-refractivity contribution in [2.24, 2.45) is 0 Å². The van der Waals surface area contributed by atoms with Crippen molar-refractivity contribution in [3.63, 3.8) is 0 Å². The molecule has 0 saturated carbocycles. The standard InChI is InChI=1S/C17H14ClF4N3O2S/c1-2-25(16(17(20,21)22)11-3-5-12(19)6-4-11)28(26,27)13-7-8-15-23-9-14(18)24(15)10-13/h3-10,16H,2H2,1H3. The predicted molar refractivity (Wildman–Crippen MR) is 95.0 cm³/mol. The number of alkyl halides is 3. The van der Waals surface area contributed by atoms with Gasteiger partial charge in [0, 0.05) is 12.7 Å². The summed E-state index contributed by atoms with van der Waals surface area (Å²) in [4.78, 5) is 3.57. The molecule has 0 fully saturated rings. The lowest BCUT2D eigenvalue weighted by Gasteiger charge is -2.31. The first-order valence-electron chi connectivity index (χ1n) is 8.02. The Bertz CT molecular complexity index is 1100. The Labute approximate surface area is 163 Å². The molecule has 0 spiro atoms. The van der Waals surface area contributed by atoms with Crippen LogP contribution >= 0.6 is 11.6 Å². The van der Waals surface area contributed by atoms with E-state index in [9.17, 15) is 26.0 Å². The molecule has 28 heavy (non-hydrogen) atoms. The van der Waals surface area contributed by atoms with Crippen LogP contribution < -0.4 is 0 Å². The number of imidazole rings is 1. The minimum Gasteiger partial charge on any atom is -0.289 e. The first kappa shape index (κ1) is 20.6. The van der Waals surface area contributed by atoms with Crippen LogP contribution in [0.1, 0.15) is 18.5 Å². The molecule has 150 valence electrons. The normalized spacial score (nSPS) is 14.0. The van der Waals surface area contributed by atoms with Crippen LogP contribution in [0.15, 0.2) is 53.7 Å². The smallest absolute Gasteiger partial charge is 0.289 e. The highest BCUT2D eigenvalue weighted by molar-refractivity contribution is 7.89. The third-order valence-corrected chi connectivity index (χ3v) is 6.34. The van der Waals surface area contributed by atoms with Gasteiger partial charge in [-0.2, -0.15) is 17.5 Å². The minimum absolute atomic E-state index is 0.112. The summed E-state index contributed by atoms with van der Waals surface area (Å²) >= 11 is 5.93. The van der Waals surface area contributed by atoms with Gasteiger partial charge in [-0.1, -0.05) is 30.7 Å². The second-order valence-corrected chi connectivity index (χ2v) is 8.16. The second kappa shape index (κ2) is 7.34. The first-order chi connectivity index (χ1) is 13.1. The van der Waals surface area contributed by atoms with Crippen LogP contribution in [0, 0.1) is 5.82 Å². The van der Waals surface area contributed by atoms with Gasteiger partial charge in [0.15, 0.2) is 0 Å². The molecule has 0 N–H and O–H groups in total. The molecule has 1 unspecified atom stereocenters. The monoisotopic (exact) mass is 435 g/mol. The molecule has 1 aromatic carbocycles. The van der Waals surface area contributed by atoms with E-state index in [2.05, 4.69) is 4.98 Å². The van der Waals surface area contributed by atoms with Crippen molar-refractivity contribution < 1.29 is 26.0 Å². The Morgan fingerprint density at radius 3 is 2.39 bits per heavy atom. The molecule has 1 atom stereocenters. The fraction of sp³-hybridized carbons (Fsp3) is 0.235. The van der Waals surface area contributed by atoms with Crippen molar-refractivity contribution in [3.8, 4) is 0 Å². The maximum absolute atomic E-state index is 13.8. The summed E-state index contributed by atoms with van der Waals surface area (Å²) in [7, 11) is -4.57. The molecule has 2 heterocycles. The second-order valence-electron chi connectivity index (χ2n) is 5.88. The molecular formula is C17H14ClF4N3O2S. The molecule has 0 radical (unpaired) electrons. The van der Waals surface area contributed by atoms with E-state index in [1.807, 2.05) is 0 Å². The van der Waals surface area contributed by atoms with E-state index in [-0.39, 0.29) is 15.6 Å². The van der Waals surface area contributed by atoms with Gasteiger partial charge in [0.2, 0.25) is 10.0 Å². The van der Waals surface area contributed by atoms with Gasteiger partial charge in [-0.15, -0.1) is 0 Å². The summed E-state index contributed by atoms with van der Waals surface area (Å²) in [5, 5.41) is 0.112. The van der Waals surface area contributed by atoms with Crippen molar-refractivity contribution >= 4 is 27.3 Å². The topological polar surface area (TPSA) is 54.7 Å². The highest BCUT2D eigenvalue weighted by atomic mass is 35.5. The van der Waals surface area contributed by atoms with E-state index in [1.54, 1.807) is 0 Å². The molecule has 0 aliphatic rings. The fourth-order valence-electron chi connectivity index (χ4n) is 2.87. The van der Waals surface area contributed by atoms with Gasteiger partial charge in [-0.3, -0.25) is 4.40 Å². The maximum atomic E-state index is 13.8. The van der Waals surface area contributed by atoms with Crippen LogP contribution in [-0.2, 0) is 10.0 Å². The van der Waals surface area contributed by atoms with Crippen LogP contribution in [-0.4, -0.2) is 34.8 Å². The average molecular weight is 436 g/mol.